The van der Waals surface area contributed by atoms with Crippen LogP contribution in [0.1, 0.15) is 22.8 Å². The molecule has 12 aromatic heterocycles. The van der Waals surface area contributed by atoms with Crippen LogP contribution in [0.2, 0.25) is 0 Å². The summed E-state index contributed by atoms with van der Waals surface area (Å²) in [6, 6.07) is 48.3. The molecule has 12 nitrogen and oxygen atoms in total. The second kappa shape index (κ2) is 13.7. The number of rotatable bonds is 8. The minimum Gasteiger partial charge on any atom is -0.298 e. The second-order valence-electron chi connectivity index (χ2n) is 14.6. The Hall–Kier alpha value is -8.64. The van der Waals surface area contributed by atoms with Gasteiger partial charge in [0, 0.05) is 43.4 Å². The average Bonchev–Trinajstić information content (AvgIpc) is 4.13. The first-order valence-electron chi connectivity index (χ1n) is 19.9. The first-order valence-corrected chi connectivity index (χ1v) is 19.9. The van der Waals surface area contributed by atoms with Crippen LogP contribution in [-0.2, 0) is 5.41 Å². The SMILES string of the molecule is c1ccc(-c2nc(C(c3nc(-c4ccccn4)n4ccccc34)(c3nc(-c4ccccn4)n4ccccc34)c3[nH]c(-c4ccccn4)[n+]4ccccc34)c3ccccn23)nc1. The van der Waals surface area contributed by atoms with Gasteiger partial charge in [0.1, 0.15) is 17.1 Å². The molecule has 12 aromatic rings. The molecule has 1 N–H and O–H groups in total. The molecule has 12 heteroatoms. The summed E-state index contributed by atoms with van der Waals surface area (Å²) in [5, 5.41) is 0. The summed E-state index contributed by atoms with van der Waals surface area (Å²) in [4.78, 5) is 40.6. The summed E-state index contributed by atoms with van der Waals surface area (Å²) in [5.74, 6) is 2.80. The van der Waals surface area contributed by atoms with Gasteiger partial charge in [-0.25, -0.2) is 24.9 Å². The third-order valence-corrected chi connectivity index (χ3v) is 11.3. The maximum absolute atomic E-state index is 5.75. The minimum atomic E-state index is -1.39. The van der Waals surface area contributed by atoms with Crippen LogP contribution in [0.25, 0.3) is 68.1 Å². The first kappa shape index (κ1) is 34.4. The molecular weight excluding hydrogens is 757 g/mol. The van der Waals surface area contributed by atoms with Crippen molar-refractivity contribution in [1.29, 1.82) is 0 Å². The lowest BCUT2D eigenvalue weighted by Crippen LogP contribution is -2.35. The highest BCUT2D eigenvalue weighted by molar-refractivity contribution is 5.83. The molecular formula is C49H33N12+. The summed E-state index contributed by atoms with van der Waals surface area (Å²) >= 11 is 0. The van der Waals surface area contributed by atoms with Gasteiger partial charge < -0.3 is 0 Å². The number of hydrogen-bond donors (Lipinski definition) is 1. The third kappa shape index (κ3) is 5.18. The van der Waals surface area contributed by atoms with Crippen molar-refractivity contribution in [2.45, 2.75) is 5.41 Å². The monoisotopic (exact) mass is 789 g/mol. The molecule has 0 aliphatic rings. The number of hydrogen-bond acceptors (Lipinski definition) is 7. The van der Waals surface area contributed by atoms with Crippen LogP contribution in [-0.4, -0.2) is 53.1 Å². The molecule has 0 unspecified atom stereocenters. The number of aromatic nitrogens is 12. The summed E-state index contributed by atoms with van der Waals surface area (Å²) < 4.78 is 8.49. The van der Waals surface area contributed by atoms with Crippen LogP contribution in [0.5, 0.6) is 0 Å². The average molecular weight is 790 g/mol. The highest BCUT2D eigenvalue weighted by atomic mass is 15.1. The Balaban J connectivity index is 1.35. The molecule has 0 bridgehead atoms. The van der Waals surface area contributed by atoms with Crippen molar-refractivity contribution in [3.05, 3.63) is 218 Å². The Morgan fingerprint density at radius 2 is 0.803 bits per heavy atom. The summed E-state index contributed by atoms with van der Waals surface area (Å²) in [5.41, 5.74) is 7.83. The van der Waals surface area contributed by atoms with E-state index >= 15 is 0 Å². The Kier molecular flexibility index (Phi) is 7.75. The quantitative estimate of drug-likeness (QED) is 0.154. The predicted octanol–water partition coefficient (Wildman–Crippen LogP) is 8.33. The molecule has 0 aliphatic heterocycles. The first-order chi connectivity index (χ1) is 30.3. The number of pyridine rings is 8. The van der Waals surface area contributed by atoms with E-state index in [2.05, 4.69) is 59.1 Å². The van der Waals surface area contributed by atoms with E-state index in [-0.39, 0.29) is 0 Å². The maximum Gasteiger partial charge on any atom is 0.311 e. The molecule has 0 saturated carbocycles. The zero-order chi connectivity index (χ0) is 40.3. The van der Waals surface area contributed by atoms with Crippen LogP contribution in [0, 0.1) is 0 Å². The molecule has 0 spiro atoms. The lowest BCUT2D eigenvalue weighted by molar-refractivity contribution is -0.498. The van der Waals surface area contributed by atoms with E-state index < -0.39 is 5.41 Å². The zero-order valence-corrected chi connectivity index (χ0v) is 32.4. The molecule has 0 atom stereocenters. The number of nitrogens with zero attached hydrogens (tertiary/aromatic N) is 11. The van der Waals surface area contributed by atoms with Crippen LogP contribution in [0.15, 0.2) is 195 Å². The molecule has 0 radical (unpaired) electrons. The standard InChI is InChI=1S/C49H32N12/c1-9-25-50-33(17-1)45-54-41(37-21-5-13-29-58(37)45)49(42-38-22-6-14-30-59(38)46(55-42)34-18-2-10-26-51-34,43-39-23-7-15-31-60(39)47(56-43)35-19-3-11-27-52-35)44-40-24-8-16-32-61(40)48(57-44)36-20-4-12-28-53-36/h1-32H/p+1. The highest BCUT2D eigenvalue weighted by Crippen LogP contribution is 2.51. The van der Waals surface area contributed by atoms with Crippen molar-refractivity contribution in [1.82, 2.24) is 53.1 Å². The Morgan fingerprint density at radius 3 is 1.21 bits per heavy atom. The van der Waals surface area contributed by atoms with E-state index in [1.807, 2.05) is 140 Å². The van der Waals surface area contributed by atoms with E-state index in [0.717, 1.165) is 56.4 Å². The molecule has 12 heterocycles. The molecule has 0 aliphatic carbocycles. The zero-order valence-electron chi connectivity index (χ0n) is 32.4. The fraction of sp³-hybridized carbons (Fsp3) is 0.0204. The number of aromatic amines is 1. The van der Waals surface area contributed by atoms with Crippen LogP contribution in [0.3, 0.4) is 0 Å². The van der Waals surface area contributed by atoms with E-state index in [1.54, 1.807) is 18.6 Å². The van der Waals surface area contributed by atoms with Crippen molar-refractivity contribution < 1.29 is 4.40 Å². The Morgan fingerprint density at radius 1 is 0.410 bits per heavy atom. The lowest BCUT2D eigenvalue weighted by Gasteiger charge is -2.28. The minimum absolute atomic E-state index is 0.672. The topological polar surface area (TPSA) is 123 Å². The van der Waals surface area contributed by atoms with Gasteiger partial charge in [-0.05, 0) is 97.1 Å². The molecule has 61 heavy (non-hydrogen) atoms. The second-order valence-corrected chi connectivity index (χ2v) is 14.6. The van der Waals surface area contributed by atoms with Crippen molar-refractivity contribution in [3.8, 4) is 46.1 Å². The molecule has 0 aromatic carbocycles. The van der Waals surface area contributed by atoms with Gasteiger partial charge >= 0.3 is 5.82 Å². The van der Waals surface area contributed by atoms with Gasteiger partial charge in [0.15, 0.2) is 39.8 Å². The van der Waals surface area contributed by atoms with E-state index in [1.165, 1.54) is 0 Å². The van der Waals surface area contributed by atoms with Crippen molar-refractivity contribution in [2.75, 3.05) is 0 Å². The van der Waals surface area contributed by atoms with E-state index in [0.29, 0.717) is 34.6 Å². The number of nitrogens with one attached hydrogen (secondary N) is 1. The molecule has 12 rings (SSSR count). The summed E-state index contributed by atoms with van der Waals surface area (Å²) in [6.45, 7) is 0. The van der Waals surface area contributed by atoms with Crippen LogP contribution in [0.4, 0.5) is 0 Å². The fourth-order valence-corrected chi connectivity index (χ4v) is 8.72. The van der Waals surface area contributed by atoms with Gasteiger partial charge in [-0.3, -0.25) is 28.2 Å². The predicted molar refractivity (Wildman–Crippen MR) is 231 cm³/mol. The number of imidazole rings is 4. The van der Waals surface area contributed by atoms with E-state index in [4.69, 9.17) is 34.9 Å². The molecule has 288 valence electrons. The molecule has 0 saturated heterocycles. The van der Waals surface area contributed by atoms with Crippen molar-refractivity contribution >= 4 is 22.1 Å². The van der Waals surface area contributed by atoms with Crippen molar-refractivity contribution in [3.63, 3.8) is 0 Å². The van der Waals surface area contributed by atoms with Gasteiger partial charge in [-0.2, -0.15) is 4.40 Å². The van der Waals surface area contributed by atoms with E-state index in [9.17, 15) is 0 Å². The van der Waals surface area contributed by atoms with Crippen molar-refractivity contribution in [2.24, 2.45) is 0 Å². The number of fused-ring (bicyclic) bond motifs is 4. The maximum atomic E-state index is 5.75. The Bertz CT molecular complexity index is 3060. The molecule has 0 fully saturated rings. The Labute approximate surface area is 347 Å². The van der Waals surface area contributed by atoms with Gasteiger partial charge in [0.25, 0.3) is 0 Å². The van der Waals surface area contributed by atoms with Gasteiger partial charge in [0.2, 0.25) is 0 Å². The third-order valence-electron chi connectivity index (χ3n) is 11.3. The van der Waals surface area contributed by atoms with Crippen LogP contribution >= 0.6 is 0 Å². The normalized spacial score (nSPS) is 11.9. The summed E-state index contributed by atoms with van der Waals surface area (Å²) in [6.07, 6.45) is 15.4. The highest BCUT2D eigenvalue weighted by Gasteiger charge is 2.54. The molecule has 0 amide bonds. The number of H-pyrrole nitrogens is 1. The smallest absolute Gasteiger partial charge is 0.298 e. The van der Waals surface area contributed by atoms with Gasteiger partial charge in [0.05, 0.1) is 39.8 Å². The van der Waals surface area contributed by atoms with Crippen LogP contribution < -0.4 is 4.40 Å². The summed E-state index contributed by atoms with van der Waals surface area (Å²) in [7, 11) is 0. The lowest BCUT2D eigenvalue weighted by atomic mass is 9.73. The largest absolute Gasteiger partial charge is 0.311 e. The van der Waals surface area contributed by atoms with Gasteiger partial charge in [-0.15, -0.1) is 0 Å². The van der Waals surface area contributed by atoms with Gasteiger partial charge in [-0.1, -0.05) is 48.5 Å². The fourth-order valence-electron chi connectivity index (χ4n) is 8.72.